The van der Waals surface area contributed by atoms with Gasteiger partial charge < -0.3 is 11.1 Å². The monoisotopic (exact) mass is 277 g/mol. The lowest BCUT2D eigenvalue weighted by atomic mass is 10.0. The summed E-state index contributed by atoms with van der Waals surface area (Å²) in [7, 11) is 0. The second-order valence-corrected chi connectivity index (χ2v) is 5.27. The average molecular weight is 277 g/mol. The molecule has 1 atom stereocenters. The number of piperidine rings is 1. The molecule has 1 saturated heterocycles. The summed E-state index contributed by atoms with van der Waals surface area (Å²) in [6.45, 7) is 1.22. The van der Waals surface area contributed by atoms with Crippen molar-refractivity contribution in [2.75, 3.05) is 18.4 Å². The van der Waals surface area contributed by atoms with Crippen LogP contribution in [0.15, 0.2) is 30.3 Å². The number of nitrogens with two attached hydrogens (primary N) is 1. The third-order valence-corrected chi connectivity index (χ3v) is 3.62. The van der Waals surface area contributed by atoms with E-state index in [-0.39, 0.29) is 11.9 Å². The van der Waals surface area contributed by atoms with Crippen molar-refractivity contribution in [3.05, 3.63) is 30.3 Å². The minimum atomic E-state index is -0.0191. The van der Waals surface area contributed by atoms with Crippen molar-refractivity contribution in [1.82, 2.24) is 4.90 Å². The Morgan fingerprint density at radius 2 is 2.11 bits per heavy atom. The van der Waals surface area contributed by atoms with Gasteiger partial charge in [0.15, 0.2) is 0 Å². The number of amides is 1. The molecule has 19 heavy (non-hydrogen) atoms. The van der Waals surface area contributed by atoms with Crippen LogP contribution in [0.3, 0.4) is 0 Å². The van der Waals surface area contributed by atoms with Crippen LogP contribution in [-0.2, 0) is 4.79 Å². The molecule has 5 heteroatoms. The van der Waals surface area contributed by atoms with E-state index in [1.165, 1.54) is 0 Å². The number of benzene rings is 1. The quantitative estimate of drug-likeness (QED) is 0.824. The van der Waals surface area contributed by atoms with Crippen LogP contribution in [0, 0.1) is 0 Å². The number of carbonyl (C=O) groups is 1. The summed E-state index contributed by atoms with van der Waals surface area (Å²) in [5.41, 5.74) is 6.56. The summed E-state index contributed by atoms with van der Waals surface area (Å²) in [4.78, 5) is 14.6. The molecule has 1 aliphatic rings. The number of hydrogen-bond donors (Lipinski definition) is 2. The van der Waals surface area contributed by atoms with Gasteiger partial charge in [0.05, 0.1) is 17.6 Å². The van der Waals surface area contributed by atoms with Crippen molar-refractivity contribution < 1.29 is 4.79 Å². The Morgan fingerprint density at radius 3 is 2.79 bits per heavy atom. The first-order valence-electron chi connectivity index (χ1n) is 6.55. The smallest absolute Gasteiger partial charge is 0.238 e. The molecule has 1 fully saturated rings. The molecule has 0 bridgehead atoms. The van der Waals surface area contributed by atoms with Crippen molar-refractivity contribution in [2.45, 2.75) is 25.3 Å². The standard InChI is InChI=1S/C14H19N3OS/c15-14(19)12-8-4-5-9-17(12)10-13(18)16-11-6-2-1-3-7-11/h1-3,6-7,12H,4-5,8-10H2,(H2,15,19)(H,16,18). The summed E-state index contributed by atoms with van der Waals surface area (Å²) >= 11 is 5.08. The molecular weight excluding hydrogens is 258 g/mol. The van der Waals surface area contributed by atoms with E-state index < -0.39 is 0 Å². The van der Waals surface area contributed by atoms with Gasteiger partial charge in [0, 0.05) is 5.69 Å². The summed E-state index contributed by atoms with van der Waals surface area (Å²) in [6.07, 6.45) is 3.17. The maximum Gasteiger partial charge on any atom is 0.238 e. The van der Waals surface area contributed by atoms with Gasteiger partial charge in [-0.3, -0.25) is 9.69 Å². The predicted molar refractivity (Wildman–Crippen MR) is 81.1 cm³/mol. The van der Waals surface area contributed by atoms with E-state index in [4.69, 9.17) is 18.0 Å². The lowest BCUT2D eigenvalue weighted by Gasteiger charge is -2.34. The zero-order chi connectivity index (χ0) is 13.7. The largest absolute Gasteiger partial charge is 0.392 e. The van der Waals surface area contributed by atoms with Crippen LogP contribution < -0.4 is 11.1 Å². The molecule has 0 saturated carbocycles. The van der Waals surface area contributed by atoms with Gasteiger partial charge in [0.2, 0.25) is 5.91 Å². The van der Waals surface area contributed by atoms with Gasteiger partial charge in [-0.05, 0) is 31.5 Å². The molecule has 1 amide bonds. The molecule has 1 aromatic rings. The summed E-state index contributed by atoms with van der Waals surface area (Å²) in [5.74, 6) is -0.0191. The fourth-order valence-electron chi connectivity index (χ4n) is 2.41. The normalized spacial score (nSPS) is 19.9. The Morgan fingerprint density at radius 1 is 1.37 bits per heavy atom. The molecule has 0 spiro atoms. The molecule has 0 aliphatic carbocycles. The van der Waals surface area contributed by atoms with Crippen LogP contribution in [0.1, 0.15) is 19.3 Å². The van der Waals surface area contributed by atoms with Gasteiger partial charge in [-0.2, -0.15) is 0 Å². The number of thiocarbonyl (C=S) groups is 1. The average Bonchev–Trinajstić information content (AvgIpc) is 2.40. The van der Waals surface area contributed by atoms with Crippen molar-refractivity contribution in [1.29, 1.82) is 0 Å². The Labute approximate surface area is 119 Å². The van der Waals surface area contributed by atoms with Crippen LogP contribution in [0.4, 0.5) is 5.69 Å². The number of likely N-dealkylation sites (tertiary alicyclic amines) is 1. The van der Waals surface area contributed by atoms with Gasteiger partial charge in [0.1, 0.15) is 0 Å². The first-order valence-corrected chi connectivity index (χ1v) is 6.96. The van der Waals surface area contributed by atoms with Gasteiger partial charge in [0.25, 0.3) is 0 Å². The third-order valence-electron chi connectivity index (χ3n) is 3.35. The topological polar surface area (TPSA) is 58.4 Å². The highest BCUT2D eigenvalue weighted by Crippen LogP contribution is 2.17. The number of hydrogen-bond acceptors (Lipinski definition) is 3. The predicted octanol–water partition coefficient (Wildman–Crippen LogP) is 1.77. The number of rotatable bonds is 4. The first kappa shape index (κ1) is 14.0. The van der Waals surface area contributed by atoms with Crippen LogP contribution in [0.5, 0.6) is 0 Å². The number of carbonyl (C=O) groups excluding carboxylic acids is 1. The zero-order valence-corrected chi connectivity index (χ0v) is 11.7. The molecule has 1 aliphatic heterocycles. The van der Waals surface area contributed by atoms with Crippen LogP contribution in [0.2, 0.25) is 0 Å². The lowest BCUT2D eigenvalue weighted by molar-refractivity contribution is -0.117. The molecule has 1 heterocycles. The number of nitrogens with one attached hydrogen (secondary N) is 1. The second-order valence-electron chi connectivity index (χ2n) is 4.80. The maximum absolute atomic E-state index is 12.0. The van der Waals surface area contributed by atoms with E-state index in [2.05, 4.69) is 10.2 Å². The van der Waals surface area contributed by atoms with Gasteiger partial charge >= 0.3 is 0 Å². The van der Waals surface area contributed by atoms with Gasteiger partial charge in [-0.25, -0.2) is 0 Å². The number of nitrogens with zero attached hydrogens (tertiary/aromatic N) is 1. The van der Waals surface area contributed by atoms with E-state index in [1.807, 2.05) is 30.3 Å². The highest BCUT2D eigenvalue weighted by molar-refractivity contribution is 7.80. The van der Waals surface area contributed by atoms with Crippen LogP contribution in [0.25, 0.3) is 0 Å². The van der Waals surface area contributed by atoms with Crippen molar-refractivity contribution in [3.63, 3.8) is 0 Å². The highest BCUT2D eigenvalue weighted by atomic mass is 32.1. The highest BCUT2D eigenvalue weighted by Gasteiger charge is 2.26. The van der Waals surface area contributed by atoms with E-state index >= 15 is 0 Å². The Balaban J connectivity index is 1.92. The number of anilines is 1. The summed E-state index contributed by atoms with van der Waals surface area (Å²) in [5, 5.41) is 2.88. The molecule has 1 unspecified atom stereocenters. The molecule has 3 N–H and O–H groups in total. The van der Waals surface area contributed by atoms with Crippen molar-refractivity contribution in [3.8, 4) is 0 Å². The van der Waals surface area contributed by atoms with Crippen LogP contribution in [-0.4, -0.2) is 34.9 Å². The molecule has 4 nitrogen and oxygen atoms in total. The molecule has 0 aromatic heterocycles. The van der Waals surface area contributed by atoms with E-state index in [0.717, 1.165) is 31.5 Å². The third kappa shape index (κ3) is 4.01. The lowest BCUT2D eigenvalue weighted by Crippen LogP contribution is -2.49. The molecule has 102 valence electrons. The Kier molecular flexibility index (Phi) is 4.87. The van der Waals surface area contributed by atoms with Crippen molar-refractivity contribution in [2.24, 2.45) is 5.73 Å². The fourth-order valence-corrected chi connectivity index (χ4v) is 2.68. The van der Waals surface area contributed by atoms with Gasteiger partial charge in [-0.15, -0.1) is 0 Å². The molecule has 0 radical (unpaired) electrons. The van der Waals surface area contributed by atoms with Crippen LogP contribution >= 0.6 is 12.2 Å². The molecular formula is C14H19N3OS. The SMILES string of the molecule is NC(=S)C1CCCCN1CC(=O)Nc1ccccc1. The van der Waals surface area contributed by atoms with E-state index in [9.17, 15) is 4.79 Å². The first-order chi connectivity index (χ1) is 9.16. The maximum atomic E-state index is 12.0. The molecule has 1 aromatic carbocycles. The van der Waals surface area contributed by atoms with Gasteiger partial charge in [-0.1, -0.05) is 36.8 Å². The minimum absolute atomic E-state index is 0.0191. The Bertz CT molecular complexity index is 449. The molecule has 2 rings (SSSR count). The Hall–Kier alpha value is -1.46. The zero-order valence-electron chi connectivity index (χ0n) is 10.8. The summed E-state index contributed by atoms with van der Waals surface area (Å²) < 4.78 is 0. The minimum Gasteiger partial charge on any atom is -0.392 e. The number of para-hydroxylation sites is 1. The van der Waals surface area contributed by atoms with E-state index in [1.54, 1.807) is 0 Å². The van der Waals surface area contributed by atoms with Crippen molar-refractivity contribution >= 4 is 28.8 Å². The fraction of sp³-hybridized carbons (Fsp3) is 0.429. The second kappa shape index (κ2) is 6.63. The van der Waals surface area contributed by atoms with E-state index in [0.29, 0.717) is 11.5 Å². The summed E-state index contributed by atoms with van der Waals surface area (Å²) in [6, 6.07) is 9.52.